The van der Waals surface area contributed by atoms with Crippen LogP contribution in [0.1, 0.15) is 46.0 Å². The van der Waals surface area contributed by atoms with Crippen LogP contribution in [0.5, 0.6) is 0 Å². The Morgan fingerprint density at radius 1 is 1.32 bits per heavy atom. The average Bonchev–Trinajstić information content (AvgIpc) is 2.82. The lowest BCUT2D eigenvalue weighted by atomic mass is 10.1. The van der Waals surface area contributed by atoms with Gasteiger partial charge in [0.25, 0.3) is 0 Å². The standard InChI is InChI=1S/C13H20ClN5/c1-3-4-5-6-7-9(2)17-12-10-11(16-8-15-10)18-13(14)19-12/h8-9H,3-7H2,1-2H3,(H2,15,16,17,18,19). The summed E-state index contributed by atoms with van der Waals surface area (Å²) >= 11 is 5.89. The minimum atomic E-state index is 0.222. The van der Waals surface area contributed by atoms with Crippen LogP contribution in [-0.4, -0.2) is 26.0 Å². The van der Waals surface area contributed by atoms with E-state index in [1.165, 1.54) is 25.7 Å². The molecule has 0 aromatic carbocycles. The summed E-state index contributed by atoms with van der Waals surface area (Å²) in [5.41, 5.74) is 1.41. The number of anilines is 1. The van der Waals surface area contributed by atoms with Gasteiger partial charge in [0.2, 0.25) is 5.28 Å². The van der Waals surface area contributed by atoms with Crippen molar-refractivity contribution in [2.24, 2.45) is 0 Å². The van der Waals surface area contributed by atoms with Crippen molar-refractivity contribution in [3.63, 3.8) is 0 Å². The van der Waals surface area contributed by atoms with Crippen molar-refractivity contribution in [1.82, 2.24) is 19.9 Å². The number of nitrogens with zero attached hydrogens (tertiary/aromatic N) is 3. The molecule has 1 unspecified atom stereocenters. The number of rotatable bonds is 7. The first kappa shape index (κ1) is 14.1. The molecule has 1 atom stereocenters. The maximum absolute atomic E-state index is 5.89. The van der Waals surface area contributed by atoms with Crippen molar-refractivity contribution < 1.29 is 0 Å². The summed E-state index contributed by atoms with van der Waals surface area (Å²) in [4.78, 5) is 15.4. The van der Waals surface area contributed by atoms with Crippen molar-refractivity contribution in [3.8, 4) is 0 Å². The first-order valence-electron chi connectivity index (χ1n) is 6.84. The molecule has 2 rings (SSSR count). The maximum atomic E-state index is 5.89. The van der Waals surface area contributed by atoms with Gasteiger partial charge in [0.1, 0.15) is 5.52 Å². The van der Waals surface area contributed by atoms with Crippen LogP contribution in [0.4, 0.5) is 5.82 Å². The van der Waals surface area contributed by atoms with Crippen molar-refractivity contribution in [2.45, 2.75) is 52.0 Å². The van der Waals surface area contributed by atoms with Gasteiger partial charge in [0.05, 0.1) is 6.33 Å². The number of unbranched alkanes of at least 4 members (excludes halogenated alkanes) is 3. The lowest BCUT2D eigenvalue weighted by Crippen LogP contribution is -2.16. The van der Waals surface area contributed by atoms with Crippen molar-refractivity contribution in [2.75, 3.05) is 5.32 Å². The van der Waals surface area contributed by atoms with E-state index in [0.29, 0.717) is 11.7 Å². The van der Waals surface area contributed by atoms with Gasteiger partial charge in [-0.15, -0.1) is 0 Å². The van der Waals surface area contributed by atoms with E-state index in [0.717, 1.165) is 17.8 Å². The van der Waals surface area contributed by atoms with E-state index in [1.807, 2.05) is 0 Å². The predicted octanol–water partition coefficient (Wildman–Crippen LogP) is 3.78. The number of hydrogen-bond donors (Lipinski definition) is 2. The number of halogens is 1. The lowest BCUT2D eigenvalue weighted by Gasteiger charge is -2.14. The second-order valence-electron chi connectivity index (χ2n) is 4.84. The van der Waals surface area contributed by atoms with E-state index < -0.39 is 0 Å². The fourth-order valence-electron chi connectivity index (χ4n) is 2.09. The van der Waals surface area contributed by atoms with Gasteiger partial charge in [-0.2, -0.15) is 9.97 Å². The maximum Gasteiger partial charge on any atom is 0.226 e. The highest BCUT2D eigenvalue weighted by Gasteiger charge is 2.11. The number of hydrogen-bond acceptors (Lipinski definition) is 4. The smallest absolute Gasteiger partial charge is 0.226 e. The Morgan fingerprint density at radius 2 is 2.16 bits per heavy atom. The van der Waals surface area contributed by atoms with Gasteiger partial charge in [-0.25, -0.2) is 4.98 Å². The SMILES string of the molecule is CCCCCCC(C)Nc1nc(Cl)nc2nc[nH]c12. The number of aromatic amines is 1. The fourth-order valence-corrected chi connectivity index (χ4v) is 2.26. The third-order valence-corrected chi connectivity index (χ3v) is 3.30. The van der Waals surface area contributed by atoms with Gasteiger partial charge in [-0.3, -0.25) is 0 Å². The highest BCUT2D eigenvalue weighted by atomic mass is 35.5. The molecule has 104 valence electrons. The molecule has 0 aliphatic rings. The molecule has 0 radical (unpaired) electrons. The molecular weight excluding hydrogens is 262 g/mol. The molecule has 5 nitrogen and oxygen atoms in total. The Kier molecular flexibility index (Phi) is 4.96. The number of nitrogens with one attached hydrogen (secondary N) is 2. The molecule has 6 heteroatoms. The largest absolute Gasteiger partial charge is 0.366 e. The molecule has 0 aliphatic carbocycles. The van der Waals surface area contributed by atoms with Gasteiger partial charge < -0.3 is 10.3 Å². The fraction of sp³-hybridized carbons (Fsp3) is 0.615. The number of fused-ring (bicyclic) bond motifs is 1. The van der Waals surface area contributed by atoms with E-state index >= 15 is 0 Å². The van der Waals surface area contributed by atoms with Gasteiger partial charge in [0, 0.05) is 6.04 Å². The van der Waals surface area contributed by atoms with Crippen LogP contribution in [0.25, 0.3) is 11.2 Å². The van der Waals surface area contributed by atoms with Gasteiger partial charge in [-0.1, -0.05) is 32.6 Å². The number of aromatic nitrogens is 4. The Balaban J connectivity index is 1.98. The molecule has 0 saturated carbocycles. The summed E-state index contributed by atoms with van der Waals surface area (Å²) < 4.78 is 0. The summed E-state index contributed by atoms with van der Waals surface area (Å²) in [5.74, 6) is 0.732. The number of imidazole rings is 1. The summed E-state index contributed by atoms with van der Waals surface area (Å²) in [5, 5.41) is 3.60. The molecule has 2 aromatic rings. The minimum Gasteiger partial charge on any atom is -0.366 e. The van der Waals surface area contributed by atoms with Crippen LogP contribution < -0.4 is 5.32 Å². The molecule has 0 aliphatic heterocycles. The van der Waals surface area contributed by atoms with Gasteiger partial charge in [-0.05, 0) is 24.9 Å². The first-order valence-corrected chi connectivity index (χ1v) is 7.21. The zero-order chi connectivity index (χ0) is 13.7. The predicted molar refractivity (Wildman–Crippen MR) is 78.5 cm³/mol. The van der Waals surface area contributed by atoms with Crippen molar-refractivity contribution >= 4 is 28.6 Å². The van der Waals surface area contributed by atoms with Gasteiger partial charge in [0.15, 0.2) is 11.5 Å². The molecule has 2 heterocycles. The molecule has 2 N–H and O–H groups in total. The second-order valence-corrected chi connectivity index (χ2v) is 5.18. The summed E-state index contributed by atoms with van der Waals surface area (Å²) in [6.07, 6.45) is 7.80. The van der Waals surface area contributed by atoms with Crippen LogP contribution in [-0.2, 0) is 0 Å². The molecule has 0 bridgehead atoms. The van der Waals surface area contributed by atoms with E-state index in [4.69, 9.17) is 11.6 Å². The van der Waals surface area contributed by atoms with Crippen LogP contribution in [0.15, 0.2) is 6.33 Å². The van der Waals surface area contributed by atoms with Crippen LogP contribution in [0.3, 0.4) is 0 Å². The third kappa shape index (κ3) is 3.80. The topological polar surface area (TPSA) is 66.5 Å². The molecule has 0 fully saturated rings. The van der Waals surface area contributed by atoms with Crippen LogP contribution in [0, 0.1) is 0 Å². The molecule has 2 aromatic heterocycles. The second kappa shape index (κ2) is 6.70. The van der Waals surface area contributed by atoms with Crippen LogP contribution >= 0.6 is 11.6 Å². The Morgan fingerprint density at radius 3 is 2.95 bits per heavy atom. The van der Waals surface area contributed by atoms with E-state index in [-0.39, 0.29) is 5.28 Å². The molecule has 0 saturated heterocycles. The molecule has 0 amide bonds. The van der Waals surface area contributed by atoms with E-state index in [2.05, 4.69) is 39.1 Å². The normalized spacial score (nSPS) is 12.8. The Bertz CT molecular complexity index is 525. The quantitative estimate of drug-likeness (QED) is 0.599. The molecule has 19 heavy (non-hydrogen) atoms. The lowest BCUT2D eigenvalue weighted by molar-refractivity contribution is 0.593. The number of H-pyrrole nitrogens is 1. The zero-order valence-electron chi connectivity index (χ0n) is 11.4. The Labute approximate surface area is 118 Å². The Hall–Kier alpha value is -1.36. The summed E-state index contributed by atoms with van der Waals surface area (Å²) in [6.45, 7) is 4.38. The van der Waals surface area contributed by atoms with Gasteiger partial charge >= 0.3 is 0 Å². The summed E-state index contributed by atoms with van der Waals surface area (Å²) in [6, 6.07) is 0.356. The van der Waals surface area contributed by atoms with Crippen molar-refractivity contribution in [1.29, 1.82) is 0 Å². The average molecular weight is 282 g/mol. The first-order chi connectivity index (χ1) is 9.20. The molecule has 0 spiro atoms. The third-order valence-electron chi connectivity index (χ3n) is 3.13. The van der Waals surface area contributed by atoms with Crippen LogP contribution in [0.2, 0.25) is 5.28 Å². The zero-order valence-corrected chi connectivity index (χ0v) is 12.2. The minimum absolute atomic E-state index is 0.222. The highest BCUT2D eigenvalue weighted by molar-refractivity contribution is 6.28. The molecular formula is C13H20ClN5. The van der Waals surface area contributed by atoms with E-state index in [9.17, 15) is 0 Å². The summed E-state index contributed by atoms with van der Waals surface area (Å²) in [7, 11) is 0. The highest BCUT2D eigenvalue weighted by Crippen LogP contribution is 2.20. The monoisotopic (exact) mass is 281 g/mol. The van der Waals surface area contributed by atoms with E-state index in [1.54, 1.807) is 6.33 Å². The van der Waals surface area contributed by atoms with Crippen molar-refractivity contribution in [3.05, 3.63) is 11.6 Å².